The summed E-state index contributed by atoms with van der Waals surface area (Å²) >= 11 is 0. The molecule has 1 aromatic heterocycles. The van der Waals surface area contributed by atoms with Crippen molar-refractivity contribution >= 4 is 48.8 Å². The number of allylic oxidation sites excluding steroid dienone is 1. The second-order valence-electron chi connectivity index (χ2n) is 5.76. The maximum absolute atomic E-state index is 12.7. The van der Waals surface area contributed by atoms with E-state index < -0.39 is 69.7 Å². The number of carbonyl (C=O) groups excluding carboxylic acids is 1. The number of aromatic nitrogens is 1. The summed E-state index contributed by atoms with van der Waals surface area (Å²) in [6.07, 6.45) is 0.591. The molecule has 16 heteroatoms. The normalized spacial score (nSPS) is 14.0. The number of hydrazine groups is 1. The Bertz CT molecular complexity index is 1440. The van der Waals surface area contributed by atoms with Crippen molar-refractivity contribution in [1.29, 1.82) is 5.41 Å². The van der Waals surface area contributed by atoms with Crippen molar-refractivity contribution in [3.05, 3.63) is 38.5 Å². The summed E-state index contributed by atoms with van der Waals surface area (Å²) in [4.78, 5) is 22.1. The minimum absolute atomic E-state index is 0.0334. The Morgan fingerprint density at radius 1 is 1.14 bits per heavy atom. The summed E-state index contributed by atoms with van der Waals surface area (Å²) in [6, 6.07) is -0.0427. The fourth-order valence-electron chi connectivity index (χ4n) is 2.83. The fourth-order valence-corrected chi connectivity index (χ4v) is 4.00. The third kappa shape index (κ3) is 3.04. The maximum atomic E-state index is 12.7. The Labute approximate surface area is 161 Å². The van der Waals surface area contributed by atoms with Crippen molar-refractivity contribution in [3.8, 4) is 5.88 Å². The zero-order valence-electron chi connectivity index (χ0n) is 13.9. The first-order valence-electron chi connectivity index (χ1n) is 7.22. The van der Waals surface area contributed by atoms with Crippen molar-refractivity contribution in [3.63, 3.8) is 0 Å². The maximum Gasteiger partial charge on any atom is 0.349 e. The van der Waals surface area contributed by atoms with Gasteiger partial charge in [0.2, 0.25) is 5.88 Å². The Hall–Kier alpha value is -3.31. The zero-order chi connectivity index (χ0) is 22.0. The highest BCUT2D eigenvalue weighted by Crippen LogP contribution is 2.37. The zero-order valence-corrected chi connectivity index (χ0v) is 15.5. The molecule has 3 rings (SSSR count). The van der Waals surface area contributed by atoms with Gasteiger partial charge in [-0.3, -0.25) is 19.3 Å². The highest BCUT2D eigenvalue weighted by molar-refractivity contribution is 7.91. The van der Waals surface area contributed by atoms with Gasteiger partial charge in [-0.25, -0.2) is 10.6 Å². The van der Waals surface area contributed by atoms with Crippen LogP contribution in [0, 0.1) is 5.41 Å². The molecule has 0 radical (unpaired) electrons. The molecule has 2 aromatic rings. The number of hydrogen-bond donors (Lipinski definition) is 6. The SMILES string of the molecule is N=C1C(S(=O)(=O)O)=Cc2c(=O)n(N(N)C(N)=O)c(O)c3cc(S(=O)(=O)O)cc1c23. The topological polar surface area (TPSA) is 247 Å². The van der Waals surface area contributed by atoms with E-state index in [-0.39, 0.29) is 15.2 Å². The van der Waals surface area contributed by atoms with Gasteiger partial charge in [0.1, 0.15) is 4.91 Å². The van der Waals surface area contributed by atoms with Crippen LogP contribution in [-0.2, 0) is 20.2 Å². The molecule has 0 fully saturated rings. The van der Waals surface area contributed by atoms with Crippen molar-refractivity contribution in [1.82, 2.24) is 4.68 Å². The molecular weight excluding hydrogens is 434 g/mol. The van der Waals surface area contributed by atoms with Gasteiger partial charge in [0, 0.05) is 16.3 Å². The van der Waals surface area contributed by atoms with E-state index in [0.717, 1.165) is 0 Å². The van der Waals surface area contributed by atoms with Gasteiger partial charge in [-0.15, -0.1) is 0 Å². The van der Waals surface area contributed by atoms with Gasteiger partial charge in [-0.2, -0.15) is 26.6 Å². The fraction of sp³-hybridized carbons (Fsp3) is 0. The Morgan fingerprint density at radius 2 is 1.72 bits per heavy atom. The quantitative estimate of drug-likeness (QED) is 0.137. The molecule has 0 saturated heterocycles. The average molecular weight is 445 g/mol. The minimum Gasteiger partial charge on any atom is -0.493 e. The van der Waals surface area contributed by atoms with E-state index in [9.17, 15) is 40.6 Å². The summed E-state index contributed by atoms with van der Waals surface area (Å²) in [5, 5.41) is 17.6. The number of nitrogens with two attached hydrogens (primary N) is 2. The molecule has 1 aromatic carbocycles. The van der Waals surface area contributed by atoms with Crippen molar-refractivity contribution in [2.24, 2.45) is 11.6 Å². The molecule has 0 spiro atoms. The Kier molecular flexibility index (Phi) is 4.29. The number of nitrogens with zero attached hydrogens (tertiary/aromatic N) is 2. The predicted molar refractivity (Wildman–Crippen MR) is 98.0 cm³/mol. The number of aromatic hydroxyl groups is 1. The van der Waals surface area contributed by atoms with Gasteiger partial charge in [0.15, 0.2) is 0 Å². The highest BCUT2D eigenvalue weighted by atomic mass is 32.2. The van der Waals surface area contributed by atoms with Crippen LogP contribution in [0.25, 0.3) is 16.8 Å². The molecule has 14 nitrogen and oxygen atoms in total. The van der Waals surface area contributed by atoms with E-state index in [4.69, 9.17) is 17.0 Å². The van der Waals surface area contributed by atoms with Crippen LogP contribution in [0.4, 0.5) is 4.79 Å². The number of nitrogens with one attached hydrogen (secondary N) is 1. The number of hydrogen-bond acceptors (Lipinski definition) is 9. The molecule has 0 atom stereocenters. The molecule has 2 amide bonds. The van der Waals surface area contributed by atoms with Gasteiger partial charge < -0.3 is 10.8 Å². The number of rotatable bonds is 3. The standard InChI is InChI=1S/C13H11N5O9S2/c14-10-5-1-4(28(22,23)24)2-6-9(5)7(3-8(10)29(25,26)27)12(20)17(11(6)19)18(16)13(15)21/h1-3,14,19H,16H2,(H2,15,21)(H,22,23,24)(H,25,26,27). The van der Waals surface area contributed by atoms with E-state index in [0.29, 0.717) is 18.2 Å². The van der Waals surface area contributed by atoms with Gasteiger partial charge >= 0.3 is 6.03 Å². The molecular formula is C13H11N5O9S2. The van der Waals surface area contributed by atoms with Crippen LogP contribution in [0.1, 0.15) is 11.1 Å². The minimum atomic E-state index is -5.06. The predicted octanol–water partition coefficient (Wildman–Crippen LogP) is -1.55. The smallest absolute Gasteiger partial charge is 0.349 e. The first kappa shape index (κ1) is 20.4. The average Bonchev–Trinajstić information content (AvgIpc) is 2.58. The Morgan fingerprint density at radius 3 is 2.21 bits per heavy atom. The van der Waals surface area contributed by atoms with Crippen LogP contribution >= 0.6 is 0 Å². The molecule has 0 unspecified atom stereocenters. The number of pyridine rings is 1. The third-order valence-corrected chi connectivity index (χ3v) is 5.76. The van der Waals surface area contributed by atoms with Crippen molar-refractivity contribution in [2.45, 2.75) is 4.90 Å². The van der Waals surface area contributed by atoms with E-state index in [1.54, 1.807) is 0 Å². The summed E-state index contributed by atoms with van der Waals surface area (Å²) in [5.41, 5.74) is 1.72. The molecule has 0 saturated carbocycles. The van der Waals surface area contributed by atoms with Crippen molar-refractivity contribution < 1.29 is 35.8 Å². The number of carbonyl (C=O) groups is 1. The second kappa shape index (κ2) is 6.09. The van der Waals surface area contributed by atoms with E-state index >= 15 is 0 Å². The van der Waals surface area contributed by atoms with Gasteiger partial charge in [-0.05, 0) is 18.2 Å². The number of amides is 2. The molecule has 0 aliphatic heterocycles. The van der Waals surface area contributed by atoms with Gasteiger partial charge in [0.05, 0.1) is 16.2 Å². The first-order chi connectivity index (χ1) is 13.2. The molecule has 1 aliphatic carbocycles. The molecule has 1 aliphatic rings. The monoisotopic (exact) mass is 445 g/mol. The number of urea groups is 1. The summed E-state index contributed by atoms with van der Waals surface area (Å²) in [5.74, 6) is 4.26. The van der Waals surface area contributed by atoms with E-state index in [1.165, 1.54) is 0 Å². The number of primary amides is 1. The lowest BCUT2D eigenvalue weighted by atomic mass is 9.93. The summed E-state index contributed by atoms with van der Waals surface area (Å²) in [7, 11) is -9.99. The second-order valence-corrected chi connectivity index (χ2v) is 8.58. The largest absolute Gasteiger partial charge is 0.493 e. The van der Waals surface area contributed by atoms with Crippen LogP contribution in [0.15, 0.2) is 26.7 Å². The molecule has 1 heterocycles. The van der Waals surface area contributed by atoms with Crippen LogP contribution in [0.2, 0.25) is 0 Å². The van der Waals surface area contributed by atoms with Crippen LogP contribution in [0.3, 0.4) is 0 Å². The summed E-state index contributed by atoms with van der Waals surface area (Å²) < 4.78 is 65.2. The molecule has 0 bridgehead atoms. The Balaban J connectivity index is 2.66. The molecule has 154 valence electrons. The van der Waals surface area contributed by atoms with Crippen LogP contribution in [-0.4, -0.2) is 47.5 Å². The van der Waals surface area contributed by atoms with Gasteiger partial charge in [-0.1, -0.05) is 0 Å². The van der Waals surface area contributed by atoms with Gasteiger partial charge in [0.25, 0.3) is 25.8 Å². The lowest BCUT2D eigenvalue weighted by Crippen LogP contribution is -2.54. The molecule has 29 heavy (non-hydrogen) atoms. The lowest BCUT2D eigenvalue weighted by molar-refractivity contribution is 0.246. The first-order valence-corrected chi connectivity index (χ1v) is 10.1. The van der Waals surface area contributed by atoms with E-state index in [2.05, 4.69) is 0 Å². The third-order valence-electron chi connectivity index (χ3n) is 4.05. The van der Waals surface area contributed by atoms with Crippen LogP contribution in [0.5, 0.6) is 5.88 Å². The van der Waals surface area contributed by atoms with E-state index in [1.807, 2.05) is 0 Å². The van der Waals surface area contributed by atoms with Crippen LogP contribution < -0.4 is 22.3 Å². The highest BCUT2D eigenvalue weighted by Gasteiger charge is 2.33. The van der Waals surface area contributed by atoms with Crippen molar-refractivity contribution in [2.75, 3.05) is 5.12 Å². The summed E-state index contributed by atoms with van der Waals surface area (Å²) in [6.45, 7) is 0. The molecule has 8 N–H and O–H groups in total. The number of benzene rings is 1. The lowest BCUT2D eigenvalue weighted by Gasteiger charge is -2.23.